The molecule has 0 spiro atoms. The van der Waals surface area contributed by atoms with Gasteiger partial charge in [-0.2, -0.15) is 0 Å². The molecule has 2 aliphatic rings. The SMILES string of the molecule is Cn1c(N2CCC(N3CCOC3=O)C2)nc2c(F)cccc21. The second-order valence-corrected chi connectivity index (χ2v) is 5.77. The third-order valence-electron chi connectivity index (χ3n) is 4.52. The van der Waals surface area contributed by atoms with Gasteiger partial charge in [0.15, 0.2) is 5.82 Å². The van der Waals surface area contributed by atoms with Gasteiger partial charge in [-0.25, -0.2) is 14.2 Å². The molecule has 22 heavy (non-hydrogen) atoms. The first kappa shape index (κ1) is 13.4. The highest BCUT2D eigenvalue weighted by atomic mass is 19.1. The van der Waals surface area contributed by atoms with E-state index in [2.05, 4.69) is 9.88 Å². The van der Waals surface area contributed by atoms with Crippen molar-refractivity contribution in [3.63, 3.8) is 0 Å². The highest BCUT2D eigenvalue weighted by Gasteiger charge is 2.35. The number of carbonyl (C=O) groups is 1. The van der Waals surface area contributed by atoms with Crippen LogP contribution in [0.1, 0.15) is 6.42 Å². The normalized spacial score (nSPS) is 21.9. The maximum Gasteiger partial charge on any atom is 0.410 e. The van der Waals surface area contributed by atoms with Gasteiger partial charge in [0.1, 0.15) is 12.1 Å². The van der Waals surface area contributed by atoms with Gasteiger partial charge in [0.2, 0.25) is 5.95 Å². The maximum absolute atomic E-state index is 13.9. The van der Waals surface area contributed by atoms with Gasteiger partial charge in [0, 0.05) is 20.1 Å². The topological polar surface area (TPSA) is 50.6 Å². The summed E-state index contributed by atoms with van der Waals surface area (Å²) in [5.74, 6) is 0.438. The Hall–Kier alpha value is -2.31. The zero-order chi connectivity index (χ0) is 15.3. The number of para-hydroxylation sites is 1. The Bertz CT molecular complexity index is 744. The van der Waals surface area contributed by atoms with E-state index in [0.29, 0.717) is 25.2 Å². The lowest BCUT2D eigenvalue weighted by Gasteiger charge is -2.22. The van der Waals surface area contributed by atoms with Gasteiger partial charge in [0.25, 0.3) is 0 Å². The molecule has 1 unspecified atom stereocenters. The maximum atomic E-state index is 13.9. The van der Waals surface area contributed by atoms with Crippen LogP contribution in [0.4, 0.5) is 15.1 Å². The number of benzene rings is 1. The van der Waals surface area contributed by atoms with Crippen molar-refractivity contribution < 1.29 is 13.9 Å². The molecule has 0 aliphatic carbocycles. The number of ether oxygens (including phenoxy) is 1. The minimum atomic E-state index is -0.307. The first-order valence-electron chi connectivity index (χ1n) is 7.44. The lowest BCUT2D eigenvalue weighted by molar-refractivity contribution is 0.150. The van der Waals surface area contributed by atoms with Gasteiger partial charge in [-0.3, -0.25) is 4.90 Å². The summed E-state index contributed by atoms with van der Waals surface area (Å²) in [5, 5.41) is 0. The number of aryl methyl sites for hydroxylation is 1. The molecule has 7 heteroatoms. The van der Waals surface area contributed by atoms with E-state index < -0.39 is 0 Å². The predicted molar refractivity (Wildman–Crippen MR) is 79.3 cm³/mol. The van der Waals surface area contributed by atoms with Gasteiger partial charge in [-0.05, 0) is 18.6 Å². The summed E-state index contributed by atoms with van der Waals surface area (Å²) in [7, 11) is 1.89. The summed E-state index contributed by atoms with van der Waals surface area (Å²) in [6.45, 7) is 2.61. The first-order valence-corrected chi connectivity index (χ1v) is 7.44. The number of halogens is 1. The quantitative estimate of drug-likeness (QED) is 0.848. The van der Waals surface area contributed by atoms with Gasteiger partial charge in [-0.1, -0.05) is 6.07 Å². The van der Waals surface area contributed by atoms with Crippen LogP contribution in [-0.2, 0) is 11.8 Å². The molecule has 2 fully saturated rings. The number of fused-ring (bicyclic) bond motifs is 1. The highest BCUT2D eigenvalue weighted by Crippen LogP contribution is 2.27. The zero-order valence-corrected chi connectivity index (χ0v) is 12.3. The lowest BCUT2D eigenvalue weighted by Crippen LogP contribution is -2.38. The first-order chi connectivity index (χ1) is 10.6. The molecule has 3 heterocycles. The highest BCUT2D eigenvalue weighted by molar-refractivity contribution is 5.79. The molecule has 0 saturated carbocycles. The van der Waals surface area contributed by atoms with E-state index in [0.717, 1.165) is 24.4 Å². The summed E-state index contributed by atoms with van der Waals surface area (Å²) in [6.07, 6.45) is 0.642. The summed E-state index contributed by atoms with van der Waals surface area (Å²) in [5.41, 5.74) is 1.17. The standard InChI is InChI=1S/C15H17FN4O2/c1-18-12-4-2-3-11(16)13(12)17-14(18)19-6-5-10(9-19)20-7-8-22-15(20)21/h2-4,10H,5-9H2,1H3. The Morgan fingerprint density at radius 2 is 2.23 bits per heavy atom. The molecule has 4 rings (SSSR count). The summed E-state index contributed by atoms with van der Waals surface area (Å²) < 4.78 is 20.8. The van der Waals surface area contributed by atoms with Crippen molar-refractivity contribution >= 4 is 23.1 Å². The van der Waals surface area contributed by atoms with Crippen LogP contribution in [-0.4, -0.2) is 52.8 Å². The van der Waals surface area contributed by atoms with Crippen molar-refractivity contribution in [2.45, 2.75) is 12.5 Å². The molecule has 0 N–H and O–H groups in total. The van der Waals surface area contributed by atoms with Gasteiger partial charge < -0.3 is 14.2 Å². The van der Waals surface area contributed by atoms with Crippen molar-refractivity contribution in [2.75, 3.05) is 31.1 Å². The molecule has 1 atom stereocenters. The van der Waals surface area contributed by atoms with Crippen LogP contribution in [0.3, 0.4) is 0 Å². The van der Waals surface area contributed by atoms with Crippen LogP contribution in [0.15, 0.2) is 18.2 Å². The van der Waals surface area contributed by atoms with Crippen LogP contribution in [0, 0.1) is 5.82 Å². The molecular formula is C15H17FN4O2. The van der Waals surface area contributed by atoms with Gasteiger partial charge in [0.05, 0.1) is 18.1 Å². The third kappa shape index (κ3) is 1.92. The molecule has 1 amide bonds. The fourth-order valence-electron chi connectivity index (χ4n) is 3.37. The van der Waals surface area contributed by atoms with Gasteiger partial charge >= 0.3 is 6.09 Å². The average Bonchev–Trinajstić information content (AvgIpc) is 3.19. The predicted octanol–water partition coefficient (Wildman–Crippen LogP) is 1.74. The van der Waals surface area contributed by atoms with Crippen LogP contribution in [0.5, 0.6) is 0 Å². The smallest absolute Gasteiger partial charge is 0.410 e. The molecule has 2 aliphatic heterocycles. The van der Waals surface area contributed by atoms with E-state index in [1.807, 2.05) is 17.7 Å². The second-order valence-electron chi connectivity index (χ2n) is 5.77. The van der Waals surface area contributed by atoms with Crippen LogP contribution in [0.25, 0.3) is 11.0 Å². The van der Waals surface area contributed by atoms with E-state index in [-0.39, 0.29) is 18.0 Å². The molecule has 0 radical (unpaired) electrons. The second kappa shape index (κ2) is 4.86. The zero-order valence-electron chi connectivity index (χ0n) is 12.3. The number of nitrogens with zero attached hydrogens (tertiary/aromatic N) is 4. The van der Waals surface area contributed by atoms with E-state index >= 15 is 0 Å². The Morgan fingerprint density at radius 3 is 2.95 bits per heavy atom. The number of rotatable bonds is 2. The minimum absolute atomic E-state index is 0.139. The lowest BCUT2D eigenvalue weighted by atomic mass is 10.2. The summed E-state index contributed by atoms with van der Waals surface area (Å²) in [6, 6.07) is 5.11. The number of hydrogen-bond donors (Lipinski definition) is 0. The summed E-state index contributed by atoms with van der Waals surface area (Å²) in [4.78, 5) is 20.0. The van der Waals surface area contributed by atoms with Crippen molar-refractivity contribution in [2.24, 2.45) is 7.05 Å². The number of anilines is 1. The number of cyclic esters (lactones) is 1. The molecule has 116 valence electrons. The molecule has 2 saturated heterocycles. The number of carbonyl (C=O) groups excluding carboxylic acids is 1. The van der Waals surface area contributed by atoms with Crippen LogP contribution >= 0.6 is 0 Å². The fraction of sp³-hybridized carbons (Fsp3) is 0.467. The van der Waals surface area contributed by atoms with Gasteiger partial charge in [-0.15, -0.1) is 0 Å². The molecule has 1 aromatic heterocycles. The Kier molecular flexibility index (Phi) is 2.95. The van der Waals surface area contributed by atoms with Crippen molar-refractivity contribution in [3.05, 3.63) is 24.0 Å². The number of amides is 1. The number of imidazole rings is 1. The van der Waals surface area contributed by atoms with Crippen LogP contribution < -0.4 is 4.90 Å². The largest absolute Gasteiger partial charge is 0.448 e. The molecule has 6 nitrogen and oxygen atoms in total. The molecular weight excluding hydrogens is 287 g/mol. The van der Waals surface area contributed by atoms with Crippen LogP contribution in [0.2, 0.25) is 0 Å². The Labute approximate surface area is 127 Å². The minimum Gasteiger partial charge on any atom is -0.448 e. The van der Waals surface area contributed by atoms with E-state index in [1.165, 1.54) is 6.07 Å². The molecule has 1 aromatic carbocycles. The monoisotopic (exact) mass is 304 g/mol. The third-order valence-corrected chi connectivity index (χ3v) is 4.52. The van der Waals surface area contributed by atoms with Crippen molar-refractivity contribution in [3.8, 4) is 0 Å². The molecule has 0 bridgehead atoms. The Morgan fingerprint density at radius 1 is 1.36 bits per heavy atom. The fourth-order valence-corrected chi connectivity index (χ4v) is 3.37. The van der Waals surface area contributed by atoms with E-state index in [4.69, 9.17) is 4.74 Å². The number of aromatic nitrogens is 2. The average molecular weight is 304 g/mol. The molecule has 2 aromatic rings. The van der Waals surface area contributed by atoms with E-state index in [9.17, 15) is 9.18 Å². The summed E-state index contributed by atoms with van der Waals surface area (Å²) >= 11 is 0. The number of hydrogen-bond acceptors (Lipinski definition) is 4. The van der Waals surface area contributed by atoms with Crippen molar-refractivity contribution in [1.29, 1.82) is 0 Å². The Balaban J connectivity index is 1.62. The van der Waals surface area contributed by atoms with E-state index in [1.54, 1.807) is 11.0 Å². The van der Waals surface area contributed by atoms with Crippen molar-refractivity contribution in [1.82, 2.24) is 14.5 Å².